The average molecular weight is 334 g/mol. The number of aliphatic hydroxyl groups is 2. The number of esters is 1. The number of carbonyl (C=O) groups is 3. The molecule has 0 aliphatic rings. The summed E-state index contributed by atoms with van der Waals surface area (Å²) in [4.78, 5) is 31.1. The fraction of sp³-hybridized carbons (Fsp3) is 0.667. The van der Waals surface area contributed by atoms with Crippen molar-refractivity contribution in [2.45, 2.75) is 34.1 Å². The molecule has 0 rings (SSSR count). The van der Waals surface area contributed by atoms with Crippen molar-refractivity contribution in [1.82, 2.24) is 0 Å². The third-order valence-corrected chi connectivity index (χ3v) is 2.64. The SMILES string of the molecule is C=C(CC(=O)O)C(=O)O.CC(C)(CO)COC(=O)C(C)(C)CO. The Labute approximate surface area is 135 Å². The third-order valence-electron chi connectivity index (χ3n) is 2.64. The molecule has 23 heavy (non-hydrogen) atoms. The van der Waals surface area contributed by atoms with Crippen LogP contribution in [0.25, 0.3) is 0 Å². The fourth-order valence-electron chi connectivity index (χ4n) is 0.825. The molecule has 0 atom stereocenters. The number of rotatable bonds is 8. The van der Waals surface area contributed by atoms with E-state index in [1.807, 2.05) is 0 Å². The summed E-state index contributed by atoms with van der Waals surface area (Å²) in [6.07, 6.45) is -0.505. The van der Waals surface area contributed by atoms with Crippen molar-refractivity contribution in [3.63, 3.8) is 0 Å². The standard InChI is InChI=1S/C10H20O4.C5H6O4/c1-9(2,5-11)7-14-8(13)10(3,4)6-12;1-3(5(8)9)2-4(6)7/h11-12H,5-7H2,1-4H3;1-2H2,(H,6,7)(H,8,9). The van der Waals surface area contributed by atoms with Gasteiger partial charge in [-0.15, -0.1) is 0 Å². The maximum Gasteiger partial charge on any atom is 0.331 e. The molecule has 0 radical (unpaired) electrons. The lowest BCUT2D eigenvalue weighted by atomic mass is 9.94. The van der Waals surface area contributed by atoms with Crippen LogP contribution in [0.4, 0.5) is 0 Å². The van der Waals surface area contributed by atoms with Crippen molar-refractivity contribution in [2.75, 3.05) is 19.8 Å². The van der Waals surface area contributed by atoms with Gasteiger partial charge in [-0.1, -0.05) is 20.4 Å². The Morgan fingerprint density at radius 1 is 1.00 bits per heavy atom. The van der Waals surface area contributed by atoms with Gasteiger partial charge in [-0.3, -0.25) is 9.59 Å². The van der Waals surface area contributed by atoms with Gasteiger partial charge in [0.1, 0.15) is 0 Å². The highest BCUT2D eigenvalue weighted by Gasteiger charge is 2.30. The molecule has 0 aromatic carbocycles. The van der Waals surface area contributed by atoms with E-state index in [0.29, 0.717) is 0 Å². The molecule has 8 heteroatoms. The number of carboxylic acid groups (broad SMARTS) is 2. The summed E-state index contributed by atoms with van der Waals surface area (Å²) in [6.45, 7) is 9.71. The summed E-state index contributed by atoms with van der Waals surface area (Å²) in [6, 6.07) is 0. The summed E-state index contributed by atoms with van der Waals surface area (Å²) in [5.74, 6) is -2.89. The van der Waals surface area contributed by atoms with Gasteiger partial charge < -0.3 is 25.2 Å². The van der Waals surface area contributed by atoms with Crippen molar-refractivity contribution in [3.05, 3.63) is 12.2 Å². The molecule has 0 heterocycles. The normalized spacial score (nSPS) is 11.0. The van der Waals surface area contributed by atoms with E-state index in [4.69, 9.17) is 25.2 Å². The van der Waals surface area contributed by atoms with Gasteiger partial charge in [0.15, 0.2) is 0 Å². The molecule has 0 aliphatic heterocycles. The zero-order valence-corrected chi connectivity index (χ0v) is 14.0. The van der Waals surface area contributed by atoms with Crippen LogP contribution in [0.5, 0.6) is 0 Å². The molecule has 0 saturated heterocycles. The van der Waals surface area contributed by atoms with Crippen LogP contribution in [0.15, 0.2) is 12.2 Å². The van der Waals surface area contributed by atoms with Crippen molar-refractivity contribution >= 4 is 17.9 Å². The molecule has 4 N–H and O–H groups in total. The Bertz CT molecular complexity index is 437. The molecule has 0 amide bonds. The number of carbonyl (C=O) groups excluding carboxylic acids is 1. The monoisotopic (exact) mass is 334 g/mol. The number of carboxylic acids is 2. The molecule has 0 unspecified atom stereocenters. The number of aliphatic carboxylic acids is 2. The second-order valence-electron chi connectivity index (χ2n) is 6.42. The molecule has 0 spiro atoms. The predicted molar refractivity (Wildman–Crippen MR) is 81.7 cm³/mol. The summed E-state index contributed by atoms with van der Waals surface area (Å²) in [5, 5.41) is 33.9. The van der Waals surface area contributed by atoms with Gasteiger partial charge in [0.05, 0.1) is 31.7 Å². The lowest BCUT2D eigenvalue weighted by molar-refractivity contribution is -0.160. The Balaban J connectivity index is 0. The van der Waals surface area contributed by atoms with E-state index >= 15 is 0 Å². The van der Waals surface area contributed by atoms with Gasteiger partial charge in [-0.2, -0.15) is 0 Å². The molecule has 0 saturated carbocycles. The zero-order valence-electron chi connectivity index (χ0n) is 14.0. The van der Waals surface area contributed by atoms with E-state index in [-0.39, 0.29) is 25.4 Å². The highest BCUT2D eigenvalue weighted by atomic mass is 16.5. The highest BCUT2D eigenvalue weighted by Crippen LogP contribution is 2.19. The first kappa shape index (κ1) is 23.3. The van der Waals surface area contributed by atoms with E-state index in [9.17, 15) is 14.4 Å². The second kappa shape index (κ2) is 9.96. The summed E-state index contributed by atoms with van der Waals surface area (Å²) in [5.41, 5.74) is -1.60. The molecule has 0 aromatic rings. The van der Waals surface area contributed by atoms with Crippen LogP contribution in [-0.2, 0) is 19.1 Å². The largest absolute Gasteiger partial charge is 0.481 e. The highest BCUT2D eigenvalue weighted by molar-refractivity contribution is 5.91. The molecular weight excluding hydrogens is 308 g/mol. The Morgan fingerprint density at radius 2 is 1.48 bits per heavy atom. The zero-order chi connectivity index (χ0) is 18.8. The molecule has 0 fully saturated rings. The number of hydrogen-bond donors (Lipinski definition) is 4. The first-order valence-electron chi connectivity index (χ1n) is 6.81. The maximum absolute atomic E-state index is 11.4. The molecule has 0 aromatic heterocycles. The third kappa shape index (κ3) is 11.3. The lowest BCUT2D eigenvalue weighted by Gasteiger charge is -2.25. The van der Waals surface area contributed by atoms with Crippen LogP contribution >= 0.6 is 0 Å². The summed E-state index contributed by atoms with van der Waals surface area (Å²) >= 11 is 0. The van der Waals surface area contributed by atoms with E-state index in [1.165, 1.54) is 0 Å². The molecule has 0 bridgehead atoms. The average Bonchev–Trinajstić information content (AvgIpc) is 2.44. The van der Waals surface area contributed by atoms with E-state index < -0.39 is 35.2 Å². The van der Waals surface area contributed by atoms with Crippen LogP contribution in [-0.4, -0.2) is 58.2 Å². The van der Waals surface area contributed by atoms with Crippen LogP contribution in [0, 0.1) is 10.8 Å². The van der Waals surface area contributed by atoms with Crippen molar-refractivity contribution in [3.8, 4) is 0 Å². The van der Waals surface area contributed by atoms with Crippen LogP contribution in [0.2, 0.25) is 0 Å². The van der Waals surface area contributed by atoms with Crippen LogP contribution in [0.3, 0.4) is 0 Å². The molecular formula is C15H26O8. The van der Waals surface area contributed by atoms with Gasteiger partial charge >= 0.3 is 17.9 Å². The van der Waals surface area contributed by atoms with Gasteiger partial charge in [0, 0.05) is 11.0 Å². The number of aliphatic hydroxyl groups excluding tert-OH is 2. The van der Waals surface area contributed by atoms with Crippen molar-refractivity contribution in [1.29, 1.82) is 0 Å². The number of hydrogen-bond acceptors (Lipinski definition) is 6. The summed E-state index contributed by atoms with van der Waals surface area (Å²) in [7, 11) is 0. The van der Waals surface area contributed by atoms with Crippen molar-refractivity contribution < 1.29 is 39.5 Å². The Kier molecular flexibility index (Phi) is 10.1. The molecule has 0 aliphatic carbocycles. The smallest absolute Gasteiger partial charge is 0.331 e. The fourth-order valence-corrected chi connectivity index (χ4v) is 0.825. The molecule has 8 nitrogen and oxygen atoms in total. The maximum atomic E-state index is 11.4. The Hall–Kier alpha value is -1.93. The Morgan fingerprint density at radius 3 is 1.74 bits per heavy atom. The predicted octanol–water partition coefficient (Wildman–Crippen LogP) is 0.668. The second-order valence-corrected chi connectivity index (χ2v) is 6.42. The minimum atomic E-state index is -1.27. The molecule has 134 valence electrons. The van der Waals surface area contributed by atoms with Crippen molar-refractivity contribution in [2.24, 2.45) is 10.8 Å². The van der Waals surface area contributed by atoms with E-state index in [1.54, 1.807) is 27.7 Å². The minimum Gasteiger partial charge on any atom is -0.481 e. The van der Waals surface area contributed by atoms with E-state index in [0.717, 1.165) is 0 Å². The van der Waals surface area contributed by atoms with Crippen LogP contribution in [0.1, 0.15) is 34.1 Å². The first-order valence-corrected chi connectivity index (χ1v) is 6.81. The van der Waals surface area contributed by atoms with Gasteiger partial charge in [0.25, 0.3) is 0 Å². The van der Waals surface area contributed by atoms with Gasteiger partial charge in [-0.05, 0) is 13.8 Å². The minimum absolute atomic E-state index is 0.0418. The van der Waals surface area contributed by atoms with Crippen LogP contribution < -0.4 is 0 Å². The number of ether oxygens (including phenoxy) is 1. The lowest BCUT2D eigenvalue weighted by Crippen LogP contribution is -2.34. The summed E-state index contributed by atoms with van der Waals surface area (Å²) < 4.78 is 4.99. The van der Waals surface area contributed by atoms with E-state index in [2.05, 4.69) is 6.58 Å². The topological polar surface area (TPSA) is 141 Å². The quantitative estimate of drug-likeness (QED) is 0.375. The first-order chi connectivity index (χ1) is 10.3. The van der Waals surface area contributed by atoms with Gasteiger partial charge in [0.2, 0.25) is 0 Å². The van der Waals surface area contributed by atoms with Gasteiger partial charge in [-0.25, -0.2) is 4.79 Å².